The van der Waals surface area contributed by atoms with Crippen molar-refractivity contribution in [2.24, 2.45) is 0 Å². The summed E-state index contributed by atoms with van der Waals surface area (Å²) in [6.07, 6.45) is 0. The molecule has 2 heterocycles. The van der Waals surface area contributed by atoms with Gasteiger partial charge < -0.3 is 24.2 Å². The lowest BCUT2D eigenvalue weighted by Gasteiger charge is -2.07. The molecular weight excluding hydrogens is 318 g/mol. The van der Waals surface area contributed by atoms with Crippen molar-refractivity contribution in [3.8, 4) is 28.6 Å². The van der Waals surface area contributed by atoms with Crippen molar-refractivity contribution in [1.29, 1.82) is 0 Å². The van der Waals surface area contributed by atoms with E-state index in [1.165, 1.54) is 18.2 Å². The smallest absolute Gasteiger partial charge is 0.417 e. The fourth-order valence-electron chi connectivity index (χ4n) is 2.56. The lowest BCUT2D eigenvalue weighted by molar-refractivity contribution is 0.438. The third kappa shape index (κ3) is 1.93. The third-order valence-corrected chi connectivity index (χ3v) is 3.62. The van der Waals surface area contributed by atoms with Crippen molar-refractivity contribution in [1.82, 2.24) is 4.98 Å². The van der Waals surface area contributed by atoms with Crippen LogP contribution < -0.4 is 11.2 Å². The number of fused-ring (bicyclic) bond motifs is 2. The third-order valence-electron chi connectivity index (χ3n) is 3.62. The Morgan fingerprint density at radius 2 is 1.71 bits per heavy atom. The highest BCUT2D eigenvalue weighted by Crippen LogP contribution is 2.35. The van der Waals surface area contributed by atoms with E-state index in [1.54, 1.807) is 0 Å². The molecule has 0 radical (unpaired) electrons. The highest BCUT2D eigenvalue weighted by atomic mass is 16.4. The first-order chi connectivity index (χ1) is 11.4. The first-order valence-electron chi connectivity index (χ1n) is 6.79. The monoisotopic (exact) mass is 327 g/mol. The van der Waals surface area contributed by atoms with Crippen LogP contribution in [0.5, 0.6) is 17.2 Å². The minimum absolute atomic E-state index is 0.0964. The molecule has 24 heavy (non-hydrogen) atoms. The highest BCUT2D eigenvalue weighted by molar-refractivity contribution is 5.89. The fourth-order valence-corrected chi connectivity index (χ4v) is 2.56. The van der Waals surface area contributed by atoms with Crippen LogP contribution in [0.15, 0.2) is 48.8 Å². The number of aromatic nitrogens is 1. The highest BCUT2D eigenvalue weighted by Gasteiger charge is 2.19. The molecule has 0 amide bonds. The van der Waals surface area contributed by atoms with Crippen LogP contribution in [-0.2, 0) is 0 Å². The van der Waals surface area contributed by atoms with Gasteiger partial charge in [-0.3, -0.25) is 9.78 Å². The Morgan fingerprint density at radius 1 is 0.917 bits per heavy atom. The van der Waals surface area contributed by atoms with E-state index in [0.29, 0.717) is 5.52 Å². The van der Waals surface area contributed by atoms with Crippen LogP contribution in [0.2, 0.25) is 0 Å². The molecular formula is C16H9NO7. The molecule has 8 nitrogen and oxygen atoms in total. The molecule has 0 unspecified atom stereocenters. The van der Waals surface area contributed by atoms with Crippen LogP contribution in [0.25, 0.3) is 33.4 Å². The molecule has 0 saturated heterocycles. The maximum atomic E-state index is 12.3. The Hall–Kier alpha value is -3.68. The van der Waals surface area contributed by atoms with Crippen LogP contribution in [0.4, 0.5) is 0 Å². The molecule has 4 rings (SSSR count). The fraction of sp³-hybridized carbons (Fsp3) is 0. The van der Waals surface area contributed by atoms with Gasteiger partial charge in [0.1, 0.15) is 22.5 Å². The molecule has 4 N–H and O–H groups in total. The number of hydrogen-bond acceptors (Lipinski definition) is 7. The molecule has 120 valence electrons. The predicted octanol–water partition coefficient (Wildman–Crippen LogP) is 2.01. The number of benzene rings is 2. The zero-order valence-corrected chi connectivity index (χ0v) is 11.9. The maximum Gasteiger partial charge on any atom is 0.417 e. The summed E-state index contributed by atoms with van der Waals surface area (Å²) in [5, 5.41) is 29.2. The normalized spacial score (nSPS) is 11.3. The van der Waals surface area contributed by atoms with E-state index < -0.39 is 22.7 Å². The van der Waals surface area contributed by atoms with Crippen LogP contribution in [0.1, 0.15) is 0 Å². The number of nitrogens with one attached hydrogen (secondary N) is 1. The van der Waals surface area contributed by atoms with Gasteiger partial charge in [0, 0.05) is 17.7 Å². The summed E-state index contributed by atoms with van der Waals surface area (Å²) in [5.41, 5.74) is 0.00457. The summed E-state index contributed by atoms with van der Waals surface area (Å²) in [4.78, 5) is 26.0. The molecule has 0 spiro atoms. The van der Waals surface area contributed by atoms with Gasteiger partial charge in [-0.1, -0.05) is 0 Å². The van der Waals surface area contributed by atoms with E-state index in [1.807, 2.05) is 0 Å². The van der Waals surface area contributed by atoms with Gasteiger partial charge in [0.05, 0.1) is 5.52 Å². The SMILES string of the molecule is O=c1[nH]c2ccc(-c3oc4cc(O)cc(O)c4c(=O)c3O)cc2o1. The molecule has 0 fully saturated rings. The Bertz CT molecular complexity index is 1230. The van der Waals surface area contributed by atoms with Crippen LogP contribution >= 0.6 is 0 Å². The summed E-state index contributed by atoms with van der Waals surface area (Å²) < 4.78 is 10.4. The standard InChI is InChI=1S/C16H9NO7/c18-7-4-9(19)12-11(5-7)23-15(14(21)13(12)20)6-1-2-8-10(3-6)24-16(22)17-8/h1-5,18-19,21H,(H,17,22). The summed E-state index contributed by atoms with van der Waals surface area (Å²) in [5.74, 6) is -2.33. The topological polar surface area (TPSA) is 137 Å². The maximum absolute atomic E-state index is 12.3. The molecule has 8 heteroatoms. The molecule has 0 aliphatic carbocycles. The number of H-pyrrole nitrogens is 1. The lowest BCUT2D eigenvalue weighted by atomic mass is 10.1. The average molecular weight is 327 g/mol. The van der Waals surface area contributed by atoms with Gasteiger partial charge in [0.2, 0.25) is 11.2 Å². The number of oxazole rings is 1. The Labute approximate surface area is 131 Å². The van der Waals surface area contributed by atoms with E-state index in [4.69, 9.17) is 8.83 Å². The molecule has 2 aromatic heterocycles. The molecule has 2 aromatic carbocycles. The van der Waals surface area contributed by atoms with Gasteiger partial charge in [0.25, 0.3) is 0 Å². The van der Waals surface area contributed by atoms with Crippen LogP contribution in [0.3, 0.4) is 0 Å². The van der Waals surface area contributed by atoms with Gasteiger partial charge in [-0.2, -0.15) is 0 Å². The predicted molar refractivity (Wildman–Crippen MR) is 83.3 cm³/mol. The zero-order chi connectivity index (χ0) is 17.0. The van der Waals surface area contributed by atoms with Crippen molar-refractivity contribution in [2.75, 3.05) is 0 Å². The van der Waals surface area contributed by atoms with Gasteiger partial charge in [-0.25, -0.2) is 4.79 Å². The van der Waals surface area contributed by atoms with E-state index in [2.05, 4.69) is 4.98 Å². The second kappa shape index (κ2) is 4.66. The summed E-state index contributed by atoms with van der Waals surface area (Å²) in [6, 6.07) is 6.58. The van der Waals surface area contributed by atoms with Crippen molar-refractivity contribution in [3.05, 3.63) is 51.1 Å². The largest absolute Gasteiger partial charge is 0.508 e. The van der Waals surface area contributed by atoms with Gasteiger partial charge in [-0.05, 0) is 18.2 Å². The number of rotatable bonds is 1. The number of phenols is 2. The van der Waals surface area contributed by atoms with Crippen molar-refractivity contribution < 1.29 is 24.2 Å². The second-order valence-electron chi connectivity index (χ2n) is 5.17. The summed E-state index contributed by atoms with van der Waals surface area (Å²) >= 11 is 0. The van der Waals surface area contributed by atoms with Gasteiger partial charge in [0.15, 0.2) is 11.3 Å². The number of hydrogen-bond donors (Lipinski definition) is 4. The zero-order valence-electron chi connectivity index (χ0n) is 11.9. The average Bonchev–Trinajstić information content (AvgIpc) is 2.89. The first-order valence-corrected chi connectivity index (χ1v) is 6.79. The molecule has 0 aliphatic rings. The van der Waals surface area contributed by atoms with Gasteiger partial charge >= 0.3 is 5.76 Å². The second-order valence-corrected chi connectivity index (χ2v) is 5.17. The number of aromatic amines is 1. The Morgan fingerprint density at radius 3 is 2.50 bits per heavy atom. The minimum Gasteiger partial charge on any atom is -0.508 e. The Balaban J connectivity index is 2.06. The minimum atomic E-state index is -0.848. The molecule has 4 aromatic rings. The van der Waals surface area contributed by atoms with E-state index >= 15 is 0 Å². The van der Waals surface area contributed by atoms with Crippen molar-refractivity contribution in [2.45, 2.75) is 0 Å². The van der Waals surface area contributed by atoms with Crippen molar-refractivity contribution in [3.63, 3.8) is 0 Å². The first kappa shape index (κ1) is 13.9. The summed E-state index contributed by atoms with van der Waals surface area (Å²) in [7, 11) is 0. The Kier molecular flexibility index (Phi) is 2.71. The van der Waals surface area contributed by atoms with Crippen molar-refractivity contribution >= 4 is 22.1 Å². The van der Waals surface area contributed by atoms with E-state index in [9.17, 15) is 24.9 Å². The molecule has 0 aliphatic heterocycles. The number of phenolic OH excluding ortho intramolecular Hbond substituents is 2. The lowest BCUT2D eigenvalue weighted by Crippen LogP contribution is -2.02. The molecule has 0 atom stereocenters. The molecule has 0 bridgehead atoms. The number of aromatic hydroxyl groups is 3. The summed E-state index contributed by atoms with van der Waals surface area (Å²) in [6.45, 7) is 0. The molecule has 0 saturated carbocycles. The van der Waals surface area contributed by atoms with Gasteiger partial charge in [-0.15, -0.1) is 0 Å². The van der Waals surface area contributed by atoms with Crippen LogP contribution in [0, 0.1) is 0 Å². The van der Waals surface area contributed by atoms with Crippen LogP contribution in [-0.4, -0.2) is 20.3 Å². The van der Waals surface area contributed by atoms with E-state index in [-0.39, 0.29) is 33.6 Å². The van der Waals surface area contributed by atoms with E-state index in [0.717, 1.165) is 12.1 Å². The quantitative estimate of drug-likeness (QED) is 0.419.